The Morgan fingerprint density at radius 3 is 2.37 bits per heavy atom. The largest absolute Gasteiger partial charge is 0.493 e. The molecule has 0 bridgehead atoms. The van der Waals surface area contributed by atoms with E-state index in [1.165, 1.54) is 5.56 Å². The van der Waals surface area contributed by atoms with Gasteiger partial charge in [0.25, 0.3) is 5.91 Å². The van der Waals surface area contributed by atoms with Crippen molar-refractivity contribution in [1.29, 1.82) is 0 Å². The molecular weight excluding hydrogens is 504 g/mol. The maximum atomic E-state index is 13.3. The molecule has 0 aliphatic carbocycles. The third-order valence-corrected chi connectivity index (χ3v) is 6.53. The molecule has 0 saturated carbocycles. The average molecular weight is 533 g/mol. The lowest BCUT2D eigenvalue weighted by Gasteiger charge is -2.13. The van der Waals surface area contributed by atoms with E-state index in [0.717, 1.165) is 32.2 Å². The van der Waals surface area contributed by atoms with Crippen LogP contribution in [0, 0.1) is 0 Å². The van der Waals surface area contributed by atoms with Crippen molar-refractivity contribution < 1.29 is 14.3 Å². The van der Waals surface area contributed by atoms with E-state index in [0.29, 0.717) is 35.9 Å². The number of hydrogen-bond acceptors (Lipinski definition) is 4. The van der Waals surface area contributed by atoms with Crippen LogP contribution >= 0.6 is 15.9 Å². The first-order chi connectivity index (χ1) is 16.9. The minimum Gasteiger partial charge on any atom is -0.493 e. The standard InChI is InChI=1S/C29H29BrN2O3/c1-18(2)20-6-8-21(9-7-20)26-17-24(23-16-22(30)10-11-25(23)32-26)29(33)31-14-13-19-5-12-27(34-3)28(15-19)35-4/h5-12,15-18H,13-14H2,1-4H3,(H,31,33). The molecule has 1 amide bonds. The van der Waals surface area contributed by atoms with Gasteiger partial charge in [-0.1, -0.05) is 60.1 Å². The van der Waals surface area contributed by atoms with Crippen molar-refractivity contribution >= 4 is 32.7 Å². The highest BCUT2D eigenvalue weighted by atomic mass is 79.9. The summed E-state index contributed by atoms with van der Waals surface area (Å²) in [5.74, 6) is 1.69. The molecule has 5 nitrogen and oxygen atoms in total. The molecule has 180 valence electrons. The van der Waals surface area contributed by atoms with Crippen LogP contribution in [0.1, 0.15) is 41.3 Å². The van der Waals surface area contributed by atoms with Crippen LogP contribution in [0.15, 0.2) is 71.2 Å². The Morgan fingerprint density at radius 2 is 1.69 bits per heavy atom. The third kappa shape index (κ3) is 5.65. The van der Waals surface area contributed by atoms with Crippen molar-refractivity contribution in [1.82, 2.24) is 10.3 Å². The number of halogens is 1. The van der Waals surface area contributed by atoms with Gasteiger partial charge in [0.05, 0.1) is 31.0 Å². The monoisotopic (exact) mass is 532 g/mol. The third-order valence-electron chi connectivity index (χ3n) is 6.04. The number of nitrogens with zero attached hydrogens (tertiary/aromatic N) is 1. The van der Waals surface area contributed by atoms with Gasteiger partial charge < -0.3 is 14.8 Å². The SMILES string of the molecule is COc1ccc(CCNC(=O)c2cc(-c3ccc(C(C)C)cc3)nc3ccc(Br)cc23)cc1OC. The second-order valence-electron chi connectivity index (χ2n) is 8.69. The van der Waals surface area contributed by atoms with Crippen molar-refractivity contribution in [3.8, 4) is 22.8 Å². The van der Waals surface area contributed by atoms with Gasteiger partial charge >= 0.3 is 0 Å². The number of methoxy groups -OCH3 is 2. The van der Waals surface area contributed by atoms with E-state index in [-0.39, 0.29) is 5.91 Å². The minimum atomic E-state index is -0.129. The van der Waals surface area contributed by atoms with Crippen LogP contribution in [0.5, 0.6) is 11.5 Å². The summed E-state index contributed by atoms with van der Waals surface area (Å²) in [5.41, 5.74) is 5.47. The summed E-state index contributed by atoms with van der Waals surface area (Å²) in [6.45, 7) is 4.84. The Labute approximate surface area is 214 Å². The Kier molecular flexibility index (Phi) is 7.71. The lowest BCUT2D eigenvalue weighted by molar-refractivity contribution is 0.0955. The maximum absolute atomic E-state index is 13.3. The molecule has 4 aromatic rings. The van der Waals surface area contributed by atoms with Crippen LogP contribution in [-0.4, -0.2) is 31.7 Å². The van der Waals surface area contributed by atoms with Crippen LogP contribution in [0.25, 0.3) is 22.2 Å². The smallest absolute Gasteiger partial charge is 0.252 e. The molecule has 0 saturated heterocycles. The number of carbonyl (C=O) groups excluding carboxylic acids is 1. The van der Waals surface area contributed by atoms with Gasteiger partial charge in [0.1, 0.15) is 0 Å². The zero-order chi connectivity index (χ0) is 24.9. The fourth-order valence-electron chi connectivity index (χ4n) is 4.02. The fourth-order valence-corrected chi connectivity index (χ4v) is 4.39. The molecule has 0 aliphatic rings. The Bertz CT molecular complexity index is 1350. The molecule has 0 spiro atoms. The predicted octanol–water partition coefficient (Wildman–Crippen LogP) is 6.78. The second kappa shape index (κ2) is 10.9. The first-order valence-electron chi connectivity index (χ1n) is 11.6. The van der Waals surface area contributed by atoms with Crippen molar-refractivity contribution in [2.24, 2.45) is 0 Å². The van der Waals surface area contributed by atoms with Gasteiger partial charge in [-0.2, -0.15) is 0 Å². The van der Waals surface area contributed by atoms with E-state index >= 15 is 0 Å². The summed E-state index contributed by atoms with van der Waals surface area (Å²) in [5, 5.41) is 3.88. The second-order valence-corrected chi connectivity index (χ2v) is 9.60. The molecule has 0 fully saturated rings. The molecule has 0 unspecified atom stereocenters. The molecule has 3 aromatic carbocycles. The van der Waals surface area contributed by atoms with Crippen LogP contribution in [0.3, 0.4) is 0 Å². The Morgan fingerprint density at radius 1 is 0.943 bits per heavy atom. The van der Waals surface area contributed by atoms with Gasteiger partial charge in [0, 0.05) is 22.0 Å². The van der Waals surface area contributed by atoms with Crippen LogP contribution < -0.4 is 14.8 Å². The molecule has 0 aliphatic heterocycles. The highest BCUT2D eigenvalue weighted by Gasteiger charge is 2.15. The molecule has 6 heteroatoms. The highest BCUT2D eigenvalue weighted by molar-refractivity contribution is 9.10. The first kappa shape index (κ1) is 24.7. The number of aromatic nitrogens is 1. The lowest BCUT2D eigenvalue weighted by Crippen LogP contribution is -2.26. The van der Waals surface area contributed by atoms with Crippen LogP contribution in [0.2, 0.25) is 0 Å². The fraction of sp³-hybridized carbons (Fsp3) is 0.241. The van der Waals surface area contributed by atoms with Crippen molar-refractivity contribution in [3.63, 3.8) is 0 Å². The predicted molar refractivity (Wildman–Crippen MR) is 145 cm³/mol. The maximum Gasteiger partial charge on any atom is 0.252 e. The number of fused-ring (bicyclic) bond motifs is 1. The molecule has 0 atom stereocenters. The Balaban J connectivity index is 1.59. The van der Waals surface area contributed by atoms with Crippen molar-refractivity contribution in [3.05, 3.63) is 87.9 Å². The van der Waals surface area contributed by atoms with Gasteiger partial charge in [-0.3, -0.25) is 4.79 Å². The topological polar surface area (TPSA) is 60.5 Å². The van der Waals surface area contributed by atoms with Gasteiger partial charge in [-0.05, 0) is 59.9 Å². The number of carbonyl (C=O) groups is 1. The summed E-state index contributed by atoms with van der Waals surface area (Å²) >= 11 is 3.53. The zero-order valence-electron chi connectivity index (χ0n) is 20.4. The summed E-state index contributed by atoms with van der Waals surface area (Å²) in [4.78, 5) is 18.2. The minimum absolute atomic E-state index is 0.129. The summed E-state index contributed by atoms with van der Waals surface area (Å²) in [6, 6.07) is 21.9. The van der Waals surface area contributed by atoms with E-state index in [2.05, 4.69) is 59.4 Å². The number of nitrogens with one attached hydrogen (secondary N) is 1. The molecule has 35 heavy (non-hydrogen) atoms. The number of ether oxygens (including phenoxy) is 2. The van der Waals surface area contributed by atoms with Gasteiger partial charge in [-0.15, -0.1) is 0 Å². The van der Waals surface area contributed by atoms with E-state index in [9.17, 15) is 4.79 Å². The summed E-state index contributed by atoms with van der Waals surface area (Å²) < 4.78 is 11.6. The van der Waals surface area contributed by atoms with Gasteiger partial charge in [0.2, 0.25) is 0 Å². The number of amides is 1. The van der Waals surface area contributed by atoms with Crippen LogP contribution in [-0.2, 0) is 6.42 Å². The zero-order valence-corrected chi connectivity index (χ0v) is 22.0. The average Bonchev–Trinajstić information content (AvgIpc) is 2.87. The van der Waals surface area contributed by atoms with E-state index in [1.807, 2.05) is 42.5 Å². The van der Waals surface area contributed by atoms with Gasteiger partial charge in [-0.25, -0.2) is 4.98 Å². The van der Waals surface area contributed by atoms with E-state index < -0.39 is 0 Å². The number of rotatable bonds is 8. The Hall–Kier alpha value is -3.38. The molecule has 0 radical (unpaired) electrons. The summed E-state index contributed by atoms with van der Waals surface area (Å²) in [7, 11) is 3.23. The van der Waals surface area contributed by atoms with E-state index in [4.69, 9.17) is 14.5 Å². The van der Waals surface area contributed by atoms with Crippen LogP contribution in [0.4, 0.5) is 0 Å². The quantitative estimate of drug-likeness (QED) is 0.271. The molecule has 1 heterocycles. The highest BCUT2D eigenvalue weighted by Crippen LogP contribution is 2.29. The van der Waals surface area contributed by atoms with Gasteiger partial charge in [0.15, 0.2) is 11.5 Å². The van der Waals surface area contributed by atoms with Crippen molar-refractivity contribution in [2.75, 3.05) is 20.8 Å². The molecule has 4 rings (SSSR count). The summed E-state index contributed by atoms with van der Waals surface area (Å²) in [6.07, 6.45) is 0.669. The molecule has 1 aromatic heterocycles. The number of hydrogen-bond donors (Lipinski definition) is 1. The first-order valence-corrected chi connectivity index (χ1v) is 12.4. The lowest BCUT2D eigenvalue weighted by atomic mass is 9.99. The normalized spacial score (nSPS) is 11.0. The van der Waals surface area contributed by atoms with Crippen molar-refractivity contribution in [2.45, 2.75) is 26.2 Å². The molecule has 1 N–H and O–H groups in total. The number of benzene rings is 3. The van der Waals surface area contributed by atoms with E-state index in [1.54, 1.807) is 14.2 Å². The molecular formula is C29H29BrN2O3. The number of pyridine rings is 1.